The molecule has 0 spiro atoms. The average Bonchev–Trinajstić information content (AvgIpc) is 2.68. The molecule has 0 saturated carbocycles. The van der Waals surface area contributed by atoms with Crippen molar-refractivity contribution in [2.75, 3.05) is 25.1 Å². The van der Waals surface area contributed by atoms with Gasteiger partial charge < -0.3 is 5.73 Å². The number of hydroxylamine groups is 1. The van der Waals surface area contributed by atoms with Gasteiger partial charge in [-0.3, -0.25) is 15.7 Å². The molecule has 0 fully saturated rings. The molecule has 1 heterocycles. The Morgan fingerprint density at radius 2 is 2.28 bits per heavy atom. The molecule has 1 aromatic rings. The molecule has 1 rings (SSSR count). The van der Waals surface area contributed by atoms with Gasteiger partial charge in [-0.05, 0) is 16.7 Å². The third-order valence-electron chi connectivity index (χ3n) is 1.81. The molecule has 0 unspecified atom stereocenters. The molecule has 0 aliphatic rings. The van der Waals surface area contributed by atoms with Crippen LogP contribution in [0.5, 0.6) is 0 Å². The normalized spacial score (nSPS) is 12.7. The van der Waals surface area contributed by atoms with Crippen molar-refractivity contribution in [3.05, 3.63) is 5.69 Å². The number of nitrogen functional groups attached to an aromatic ring is 1. The summed E-state index contributed by atoms with van der Waals surface area (Å²) in [7, 11) is -3.20. The van der Waals surface area contributed by atoms with Crippen LogP contribution in [0.15, 0.2) is 9.62 Å². The highest BCUT2D eigenvalue weighted by atomic mass is 32.2. The van der Waals surface area contributed by atoms with Gasteiger partial charge in [0.05, 0.1) is 6.26 Å². The molecule has 0 radical (unpaired) electrons. The fourth-order valence-electron chi connectivity index (χ4n) is 1.05. The van der Waals surface area contributed by atoms with Crippen LogP contribution in [0.2, 0.25) is 0 Å². The molecular weight excluding hydrogens is 264 g/mol. The molecule has 0 bridgehead atoms. The average molecular weight is 278 g/mol. The fourth-order valence-corrected chi connectivity index (χ4v) is 1.57. The van der Waals surface area contributed by atoms with Gasteiger partial charge in [0.25, 0.3) is 0 Å². The number of nitrogens with one attached hydrogen (secondary N) is 2. The van der Waals surface area contributed by atoms with Gasteiger partial charge in [0, 0.05) is 13.1 Å². The summed E-state index contributed by atoms with van der Waals surface area (Å²) in [6.07, 6.45) is 1.52. The van der Waals surface area contributed by atoms with E-state index < -0.39 is 10.0 Å². The lowest BCUT2D eigenvalue weighted by Gasteiger charge is -2.02. The Labute approximate surface area is 103 Å². The molecule has 1 aromatic heterocycles. The fraction of sp³-hybridized carbons (Fsp3) is 0.571. The number of aliphatic imine (C=N–C) groups is 1. The van der Waals surface area contributed by atoms with E-state index in [9.17, 15) is 8.42 Å². The predicted molar refractivity (Wildman–Crippen MR) is 62.5 cm³/mol. The van der Waals surface area contributed by atoms with E-state index in [-0.39, 0.29) is 30.4 Å². The van der Waals surface area contributed by atoms with E-state index in [0.717, 1.165) is 6.26 Å². The van der Waals surface area contributed by atoms with E-state index >= 15 is 0 Å². The maximum absolute atomic E-state index is 10.8. The second-order valence-corrected chi connectivity index (χ2v) is 5.19. The van der Waals surface area contributed by atoms with Crippen molar-refractivity contribution in [1.29, 1.82) is 0 Å². The van der Waals surface area contributed by atoms with Crippen molar-refractivity contribution < 1.29 is 18.3 Å². The number of anilines is 1. The first-order chi connectivity index (χ1) is 8.44. The summed E-state index contributed by atoms with van der Waals surface area (Å²) in [5.74, 6) is -0.00216. The Bertz CT molecular complexity index is 510. The molecule has 18 heavy (non-hydrogen) atoms. The summed E-state index contributed by atoms with van der Waals surface area (Å²) in [4.78, 5) is 3.94. The number of aromatic nitrogens is 2. The van der Waals surface area contributed by atoms with Gasteiger partial charge in [-0.1, -0.05) is 0 Å². The van der Waals surface area contributed by atoms with Crippen LogP contribution in [-0.4, -0.2) is 49.1 Å². The van der Waals surface area contributed by atoms with Crippen LogP contribution in [0.1, 0.15) is 12.1 Å². The third kappa shape index (κ3) is 4.65. The van der Waals surface area contributed by atoms with Gasteiger partial charge in [0.2, 0.25) is 10.0 Å². The largest absolute Gasteiger partial charge is 0.379 e. The van der Waals surface area contributed by atoms with Crippen molar-refractivity contribution in [1.82, 2.24) is 20.5 Å². The van der Waals surface area contributed by atoms with E-state index in [1.54, 1.807) is 0 Å². The van der Waals surface area contributed by atoms with E-state index in [2.05, 4.69) is 24.7 Å². The molecule has 0 aliphatic heterocycles. The van der Waals surface area contributed by atoms with E-state index in [4.69, 9.17) is 10.9 Å². The lowest BCUT2D eigenvalue weighted by Crippen LogP contribution is -2.25. The number of nitrogens with two attached hydrogens (primary N) is 1. The summed E-state index contributed by atoms with van der Waals surface area (Å²) in [6, 6.07) is 0. The third-order valence-corrected chi connectivity index (χ3v) is 2.54. The Morgan fingerprint density at radius 1 is 1.56 bits per heavy atom. The second kappa shape index (κ2) is 6.28. The van der Waals surface area contributed by atoms with Crippen molar-refractivity contribution >= 4 is 21.7 Å². The highest BCUT2D eigenvalue weighted by Crippen LogP contribution is 2.04. The summed E-state index contributed by atoms with van der Waals surface area (Å²) in [6.45, 7) is 0.505. The van der Waals surface area contributed by atoms with Crippen LogP contribution in [0.4, 0.5) is 5.82 Å². The molecule has 0 saturated heterocycles. The van der Waals surface area contributed by atoms with Crippen molar-refractivity contribution in [3.63, 3.8) is 0 Å². The van der Waals surface area contributed by atoms with Crippen LogP contribution in [0, 0.1) is 0 Å². The van der Waals surface area contributed by atoms with Crippen molar-refractivity contribution in [3.8, 4) is 0 Å². The lowest BCUT2D eigenvalue weighted by atomic mass is 10.4. The molecule has 0 atom stereocenters. The van der Waals surface area contributed by atoms with Gasteiger partial charge in [0.1, 0.15) is 0 Å². The van der Waals surface area contributed by atoms with E-state index in [1.165, 1.54) is 0 Å². The second-order valence-electron chi connectivity index (χ2n) is 3.36. The standard InChI is InChI=1S/C7H14N6O4S/c1-18(15,16)10-4-2-3-9-7(11-14)5-6(8)13-17-12-5/h10,14H,2-4H2,1H3,(H2,8,13)(H,9,11). The highest BCUT2D eigenvalue weighted by molar-refractivity contribution is 7.88. The smallest absolute Gasteiger partial charge is 0.208 e. The van der Waals surface area contributed by atoms with Crippen LogP contribution in [-0.2, 0) is 10.0 Å². The molecule has 10 nitrogen and oxygen atoms in total. The summed E-state index contributed by atoms with van der Waals surface area (Å²) < 4.78 is 28.2. The topological polar surface area (TPSA) is 156 Å². The zero-order valence-electron chi connectivity index (χ0n) is 9.62. The predicted octanol–water partition coefficient (Wildman–Crippen LogP) is -1.68. The van der Waals surface area contributed by atoms with Gasteiger partial charge in [-0.2, -0.15) is 0 Å². The van der Waals surface area contributed by atoms with Crippen LogP contribution < -0.4 is 15.9 Å². The van der Waals surface area contributed by atoms with Gasteiger partial charge in [-0.25, -0.2) is 17.8 Å². The summed E-state index contributed by atoms with van der Waals surface area (Å²) in [5, 5.41) is 15.6. The first-order valence-electron chi connectivity index (χ1n) is 4.91. The van der Waals surface area contributed by atoms with Crippen LogP contribution in [0.25, 0.3) is 0 Å². The van der Waals surface area contributed by atoms with Gasteiger partial charge in [0.15, 0.2) is 17.3 Å². The van der Waals surface area contributed by atoms with Gasteiger partial charge in [-0.15, -0.1) is 0 Å². The van der Waals surface area contributed by atoms with Crippen LogP contribution >= 0.6 is 0 Å². The maximum atomic E-state index is 10.8. The summed E-state index contributed by atoms with van der Waals surface area (Å²) in [5.41, 5.74) is 7.33. The Balaban J connectivity index is 2.48. The van der Waals surface area contributed by atoms with Crippen LogP contribution in [0.3, 0.4) is 0 Å². The van der Waals surface area contributed by atoms with Crippen molar-refractivity contribution in [2.45, 2.75) is 6.42 Å². The quantitative estimate of drug-likeness (QED) is 0.208. The van der Waals surface area contributed by atoms with Crippen molar-refractivity contribution in [2.24, 2.45) is 4.99 Å². The molecule has 0 aliphatic carbocycles. The zero-order valence-corrected chi connectivity index (χ0v) is 10.4. The number of sulfonamides is 1. The Hall–Kier alpha value is -1.72. The molecular formula is C7H14N6O4S. The molecule has 0 aromatic carbocycles. The Kier molecular flexibility index (Phi) is 5.00. The first kappa shape index (κ1) is 14.3. The lowest BCUT2D eigenvalue weighted by molar-refractivity contribution is 0.233. The monoisotopic (exact) mass is 278 g/mol. The molecule has 102 valence electrons. The number of hydrogen-bond acceptors (Lipinski definition) is 8. The number of rotatable bonds is 6. The van der Waals surface area contributed by atoms with E-state index in [1.807, 2.05) is 5.48 Å². The first-order valence-corrected chi connectivity index (χ1v) is 6.81. The highest BCUT2D eigenvalue weighted by Gasteiger charge is 2.12. The SMILES string of the molecule is CS(=O)(=O)NCCCN=C(NO)c1nonc1N. The van der Waals surface area contributed by atoms with Gasteiger partial charge >= 0.3 is 0 Å². The minimum atomic E-state index is -3.20. The summed E-state index contributed by atoms with van der Waals surface area (Å²) >= 11 is 0. The minimum absolute atomic E-state index is 0.00751. The van der Waals surface area contributed by atoms with E-state index in [0.29, 0.717) is 6.42 Å². The number of hydrogen-bond donors (Lipinski definition) is 4. The molecule has 11 heteroatoms. The molecule has 5 N–H and O–H groups in total. The molecule has 0 amide bonds. The minimum Gasteiger partial charge on any atom is -0.379 e. The number of amidine groups is 1. The Morgan fingerprint density at radius 3 is 2.78 bits per heavy atom. The number of nitrogens with zero attached hydrogens (tertiary/aromatic N) is 3. The zero-order chi connectivity index (χ0) is 13.6. The maximum Gasteiger partial charge on any atom is 0.208 e.